The van der Waals surface area contributed by atoms with Crippen LogP contribution in [0.5, 0.6) is 0 Å². The minimum Gasteiger partial charge on any atom is -0.388 e. The summed E-state index contributed by atoms with van der Waals surface area (Å²) in [6, 6.07) is 0. The lowest BCUT2D eigenvalue weighted by molar-refractivity contribution is -0.0394. The lowest BCUT2D eigenvalue weighted by Gasteiger charge is -2.39. The molecule has 1 rings (SSSR count). The van der Waals surface area contributed by atoms with Crippen molar-refractivity contribution in [3.8, 4) is 0 Å². The second-order valence-corrected chi connectivity index (χ2v) is 4.49. The van der Waals surface area contributed by atoms with E-state index in [-0.39, 0.29) is 0 Å². The maximum atomic E-state index is 10.4. The number of piperidine rings is 1. The van der Waals surface area contributed by atoms with E-state index in [4.69, 9.17) is 0 Å². The van der Waals surface area contributed by atoms with Gasteiger partial charge in [0, 0.05) is 19.6 Å². The van der Waals surface area contributed by atoms with Crippen LogP contribution in [0.15, 0.2) is 0 Å². The van der Waals surface area contributed by atoms with Crippen molar-refractivity contribution in [3.63, 3.8) is 0 Å². The van der Waals surface area contributed by atoms with Gasteiger partial charge in [-0.15, -0.1) is 0 Å². The van der Waals surface area contributed by atoms with Gasteiger partial charge in [-0.25, -0.2) is 0 Å². The fraction of sp³-hybridized carbons (Fsp3) is 1.00. The van der Waals surface area contributed by atoms with Crippen molar-refractivity contribution in [3.05, 3.63) is 0 Å². The Morgan fingerprint density at radius 1 is 1.21 bits per heavy atom. The SMILES string of the molecule is CCN(CC)CC1(O)CCN(C)CC1. The van der Waals surface area contributed by atoms with Crippen molar-refractivity contribution in [1.82, 2.24) is 9.80 Å². The van der Waals surface area contributed by atoms with Gasteiger partial charge in [0.1, 0.15) is 0 Å². The van der Waals surface area contributed by atoms with Gasteiger partial charge in [0.2, 0.25) is 0 Å². The molecule has 1 aliphatic heterocycles. The molecule has 1 heterocycles. The van der Waals surface area contributed by atoms with Crippen molar-refractivity contribution in [2.75, 3.05) is 39.8 Å². The average molecular weight is 200 g/mol. The van der Waals surface area contributed by atoms with Crippen molar-refractivity contribution in [2.45, 2.75) is 32.3 Å². The molecule has 1 saturated heterocycles. The summed E-state index contributed by atoms with van der Waals surface area (Å²) < 4.78 is 0. The highest BCUT2D eigenvalue weighted by Crippen LogP contribution is 2.22. The van der Waals surface area contributed by atoms with E-state index in [0.29, 0.717) is 0 Å². The number of aliphatic hydroxyl groups is 1. The third-order valence-corrected chi connectivity index (χ3v) is 3.33. The summed E-state index contributed by atoms with van der Waals surface area (Å²) in [4.78, 5) is 4.60. The molecule has 3 nitrogen and oxygen atoms in total. The van der Waals surface area contributed by atoms with Crippen molar-refractivity contribution in [1.29, 1.82) is 0 Å². The number of hydrogen-bond acceptors (Lipinski definition) is 3. The molecule has 0 radical (unpaired) electrons. The highest BCUT2D eigenvalue weighted by atomic mass is 16.3. The van der Waals surface area contributed by atoms with Crippen molar-refractivity contribution < 1.29 is 5.11 Å². The van der Waals surface area contributed by atoms with Crippen LogP contribution in [0.2, 0.25) is 0 Å². The third-order valence-electron chi connectivity index (χ3n) is 3.33. The summed E-state index contributed by atoms with van der Waals surface area (Å²) in [5.41, 5.74) is -0.432. The van der Waals surface area contributed by atoms with Crippen LogP contribution in [0.3, 0.4) is 0 Å². The topological polar surface area (TPSA) is 26.7 Å². The normalized spacial score (nSPS) is 22.9. The van der Waals surface area contributed by atoms with E-state index in [1.807, 2.05) is 0 Å². The zero-order chi connectivity index (χ0) is 10.6. The van der Waals surface area contributed by atoms with Gasteiger partial charge >= 0.3 is 0 Å². The van der Waals surface area contributed by atoms with Crippen molar-refractivity contribution in [2.24, 2.45) is 0 Å². The molecule has 0 atom stereocenters. The minimum absolute atomic E-state index is 0.432. The van der Waals surface area contributed by atoms with Crippen LogP contribution in [0.4, 0.5) is 0 Å². The molecule has 0 spiro atoms. The summed E-state index contributed by atoms with van der Waals surface area (Å²) in [5.74, 6) is 0. The van der Waals surface area contributed by atoms with Gasteiger partial charge in [-0.05, 0) is 33.0 Å². The molecule has 0 amide bonds. The van der Waals surface area contributed by atoms with Crippen LogP contribution in [-0.4, -0.2) is 60.3 Å². The van der Waals surface area contributed by atoms with E-state index >= 15 is 0 Å². The fourth-order valence-corrected chi connectivity index (χ4v) is 2.06. The molecule has 0 aromatic rings. The minimum atomic E-state index is -0.432. The average Bonchev–Trinajstić information content (AvgIpc) is 2.20. The number of hydrogen-bond donors (Lipinski definition) is 1. The summed E-state index contributed by atoms with van der Waals surface area (Å²) in [6.07, 6.45) is 1.83. The first-order valence-corrected chi connectivity index (χ1v) is 5.73. The van der Waals surface area contributed by atoms with Gasteiger partial charge in [-0.2, -0.15) is 0 Å². The Labute approximate surface area is 87.7 Å². The van der Waals surface area contributed by atoms with E-state index in [9.17, 15) is 5.11 Å². The summed E-state index contributed by atoms with van der Waals surface area (Å²) in [6.45, 7) is 9.27. The first kappa shape index (κ1) is 12.0. The zero-order valence-electron chi connectivity index (χ0n) is 9.79. The van der Waals surface area contributed by atoms with Crippen LogP contribution in [0.1, 0.15) is 26.7 Å². The number of rotatable bonds is 4. The monoisotopic (exact) mass is 200 g/mol. The maximum absolute atomic E-state index is 10.4. The summed E-state index contributed by atoms with van der Waals surface area (Å²) >= 11 is 0. The molecule has 0 saturated carbocycles. The highest BCUT2D eigenvalue weighted by molar-refractivity contribution is 4.87. The van der Waals surface area contributed by atoms with Crippen molar-refractivity contribution >= 4 is 0 Å². The number of likely N-dealkylation sites (N-methyl/N-ethyl adjacent to an activating group) is 1. The van der Waals surface area contributed by atoms with Crippen LogP contribution >= 0.6 is 0 Å². The summed E-state index contributed by atoms with van der Waals surface area (Å²) in [7, 11) is 2.12. The molecular weight excluding hydrogens is 176 g/mol. The molecule has 14 heavy (non-hydrogen) atoms. The second kappa shape index (κ2) is 5.10. The molecular formula is C11H24N2O. The predicted octanol–water partition coefficient (Wildman–Crippen LogP) is 0.785. The van der Waals surface area contributed by atoms with Crippen LogP contribution in [-0.2, 0) is 0 Å². The molecule has 0 aromatic carbocycles. The second-order valence-electron chi connectivity index (χ2n) is 4.49. The fourth-order valence-electron chi connectivity index (χ4n) is 2.06. The third kappa shape index (κ3) is 3.23. The lowest BCUT2D eigenvalue weighted by atomic mass is 9.91. The first-order valence-electron chi connectivity index (χ1n) is 5.73. The van der Waals surface area contributed by atoms with Gasteiger partial charge in [0.25, 0.3) is 0 Å². The predicted molar refractivity (Wildman–Crippen MR) is 59.5 cm³/mol. The Morgan fingerprint density at radius 3 is 2.14 bits per heavy atom. The van der Waals surface area contributed by atoms with E-state index in [1.165, 1.54) is 0 Å². The van der Waals surface area contributed by atoms with E-state index in [2.05, 4.69) is 30.7 Å². The van der Waals surface area contributed by atoms with Gasteiger partial charge < -0.3 is 14.9 Å². The Hall–Kier alpha value is -0.120. The van der Waals surface area contributed by atoms with Crippen LogP contribution < -0.4 is 0 Å². The number of nitrogens with zero attached hydrogens (tertiary/aromatic N) is 2. The Bertz CT molecular complexity index is 161. The van der Waals surface area contributed by atoms with Crippen LogP contribution in [0.25, 0.3) is 0 Å². The molecule has 0 aliphatic carbocycles. The standard InChI is InChI=1S/C11H24N2O/c1-4-13(5-2)10-11(14)6-8-12(3)9-7-11/h14H,4-10H2,1-3H3. The van der Waals surface area contributed by atoms with E-state index in [1.54, 1.807) is 0 Å². The molecule has 0 aromatic heterocycles. The quantitative estimate of drug-likeness (QED) is 0.726. The zero-order valence-corrected chi connectivity index (χ0v) is 9.79. The van der Waals surface area contributed by atoms with Crippen LogP contribution in [0, 0.1) is 0 Å². The largest absolute Gasteiger partial charge is 0.388 e. The molecule has 0 bridgehead atoms. The van der Waals surface area contributed by atoms with Gasteiger partial charge in [0.15, 0.2) is 0 Å². The molecule has 1 fully saturated rings. The van der Waals surface area contributed by atoms with Gasteiger partial charge in [-0.1, -0.05) is 13.8 Å². The van der Waals surface area contributed by atoms with E-state index < -0.39 is 5.60 Å². The first-order chi connectivity index (χ1) is 6.59. The molecule has 0 unspecified atom stereocenters. The molecule has 3 heteroatoms. The molecule has 1 N–H and O–H groups in total. The molecule has 84 valence electrons. The molecule has 1 aliphatic rings. The lowest BCUT2D eigenvalue weighted by Crippen LogP contribution is -2.50. The summed E-state index contributed by atoms with van der Waals surface area (Å²) in [5, 5.41) is 10.4. The highest BCUT2D eigenvalue weighted by Gasteiger charge is 2.32. The van der Waals surface area contributed by atoms with Gasteiger partial charge in [0.05, 0.1) is 5.60 Å². The van der Waals surface area contributed by atoms with E-state index in [0.717, 1.165) is 45.6 Å². The number of likely N-dealkylation sites (tertiary alicyclic amines) is 1. The van der Waals surface area contributed by atoms with Gasteiger partial charge in [-0.3, -0.25) is 0 Å². The Morgan fingerprint density at radius 2 is 1.71 bits per heavy atom. The smallest absolute Gasteiger partial charge is 0.0798 e. The maximum Gasteiger partial charge on any atom is 0.0798 e. The Kier molecular flexibility index (Phi) is 4.35. The Balaban J connectivity index is 2.41.